The van der Waals surface area contributed by atoms with Crippen LogP contribution in [0.4, 0.5) is 13.2 Å². The van der Waals surface area contributed by atoms with Crippen molar-refractivity contribution in [3.8, 4) is 5.75 Å². The lowest BCUT2D eigenvalue weighted by Gasteiger charge is -2.15. The number of methoxy groups -OCH3 is 1. The maximum absolute atomic E-state index is 13.5. The maximum atomic E-state index is 13.5. The van der Waals surface area contributed by atoms with Gasteiger partial charge in [-0.25, -0.2) is 13.2 Å². The van der Waals surface area contributed by atoms with Crippen LogP contribution in [0.2, 0.25) is 0 Å². The maximum Gasteiger partial charge on any atom is 0.161 e. The van der Waals surface area contributed by atoms with Gasteiger partial charge in [0.15, 0.2) is 11.6 Å². The largest absolute Gasteiger partial charge is 0.497 e. The van der Waals surface area contributed by atoms with Crippen LogP contribution in [-0.2, 0) is 6.54 Å². The molecule has 0 aromatic heterocycles. The molecule has 2 aromatic carbocycles. The van der Waals surface area contributed by atoms with Crippen LogP contribution in [0.25, 0.3) is 0 Å². The van der Waals surface area contributed by atoms with Crippen LogP contribution in [0.3, 0.4) is 0 Å². The molecule has 0 saturated carbocycles. The lowest BCUT2D eigenvalue weighted by Crippen LogP contribution is -2.19. The van der Waals surface area contributed by atoms with Crippen LogP contribution in [0.5, 0.6) is 5.75 Å². The van der Waals surface area contributed by atoms with Gasteiger partial charge in [-0.3, -0.25) is 0 Å². The Labute approximate surface area is 121 Å². The molecule has 0 aliphatic heterocycles. The normalized spacial score (nSPS) is 12.2. The highest BCUT2D eigenvalue weighted by Gasteiger charge is 2.11. The van der Waals surface area contributed by atoms with E-state index >= 15 is 0 Å². The fourth-order valence-corrected chi connectivity index (χ4v) is 1.97. The van der Waals surface area contributed by atoms with Crippen molar-refractivity contribution in [3.63, 3.8) is 0 Å². The van der Waals surface area contributed by atoms with E-state index in [0.29, 0.717) is 6.07 Å². The summed E-state index contributed by atoms with van der Waals surface area (Å²) in [7, 11) is 1.59. The molecule has 0 amide bonds. The summed E-state index contributed by atoms with van der Waals surface area (Å²) in [5, 5.41) is 3.07. The average molecular weight is 295 g/mol. The molecule has 0 radical (unpaired) electrons. The van der Waals surface area contributed by atoms with Crippen molar-refractivity contribution in [2.75, 3.05) is 7.11 Å². The molecular weight excluding hydrogens is 279 g/mol. The average Bonchev–Trinajstić information content (AvgIpc) is 2.49. The number of hydrogen-bond donors (Lipinski definition) is 1. The van der Waals surface area contributed by atoms with Crippen LogP contribution < -0.4 is 10.1 Å². The zero-order valence-corrected chi connectivity index (χ0v) is 11.8. The summed E-state index contributed by atoms with van der Waals surface area (Å²) in [6, 6.07) is 8.79. The van der Waals surface area contributed by atoms with Gasteiger partial charge in [0.1, 0.15) is 11.6 Å². The van der Waals surface area contributed by atoms with Crippen LogP contribution in [0.15, 0.2) is 36.4 Å². The smallest absolute Gasteiger partial charge is 0.161 e. The Morgan fingerprint density at radius 2 is 1.62 bits per heavy atom. The summed E-state index contributed by atoms with van der Waals surface area (Å²) in [5.41, 5.74) is 1.08. The van der Waals surface area contributed by atoms with Gasteiger partial charge in [0.25, 0.3) is 0 Å². The Morgan fingerprint density at radius 3 is 2.24 bits per heavy atom. The van der Waals surface area contributed by atoms with Gasteiger partial charge in [0.05, 0.1) is 7.11 Å². The molecule has 0 fully saturated rings. The number of rotatable bonds is 5. The minimum absolute atomic E-state index is 0.0663. The third kappa shape index (κ3) is 3.76. The molecule has 2 rings (SSSR count). The third-order valence-electron chi connectivity index (χ3n) is 3.30. The summed E-state index contributed by atoms with van der Waals surface area (Å²) in [5.74, 6) is -2.24. The zero-order chi connectivity index (χ0) is 15.4. The molecule has 0 saturated heterocycles. The van der Waals surface area contributed by atoms with Crippen LogP contribution in [-0.4, -0.2) is 7.11 Å². The highest BCUT2D eigenvalue weighted by molar-refractivity contribution is 5.29. The molecule has 1 N–H and O–H groups in total. The van der Waals surface area contributed by atoms with Gasteiger partial charge < -0.3 is 10.1 Å². The van der Waals surface area contributed by atoms with Crippen molar-refractivity contribution in [2.45, 2.75) is 19.5 Å². The molecule has 0 aliphatic rings. The van der Waals surface area contributed by atoms with Gasteiger partial charge in [0.2, 0.25) is 0 Å². The minimum atomic E-state index is -1.18. The molecule has 21 heavy (non-hydrogen) atoms. The molecule has 1 atom stereocenters. The monoisotopic (exact) mass is 295 g/mol. The molecule has 0 aliphatic carbocycles. The summed E-state index contributed by atoms with van der Waals surface area (Å²) >= 11 is 0. The highest BCUT2D eigenvalue weighted by Crippen LogP contribution is 2.19. The zero-order valence-electron chi connectivity index (χ0n) is 11.8. The summed E-state index contributed by atoms with van der Waals surface area (Å²) in [6.07, 6.45) is 0. The minimum Gasteiger partial charge on any atom is -0.497 e. The predicted octanol–water partition coefficient (Wildman–Crippen LogP) is 3.96. The number of hydrogen-bond acceptors (Lipinski definition) is 2. The second kappa shape index (κ2) is 6.63. The lowest BCUT2D eigenvalue weighted by molar-refractivity contribution is 0.414. The Kier molecular flexibility index (Phi) is 4.85. The summed E-state index contributed by atoms with van der Waals surface area (Å²) in [6.45, 7) is 2.01. The molecule has 2 nitrogen and oxygen atoms in total. The van der Waals surface area contributed by atoms with Gasteiger partial charge >= 0.3 is 0 Å². The van der Waals surface area contributed by atoms with Gasteiger partial charge in [-0.05, 0) is 30.7 Å². The number of halogens is 3. The molecule has 112 valence electrons. The first-order valence-electron chi connectivity index (χ1n) is 6.52. The van der Waals surface area contributed by atoms with E-state index in [1.165, 1.54) is 0 Å². The van der Waals surface area contributed by atoms with E-state index in [4.69, 9.17) is 4.74 Å². The second-order valence-corrected chi connectivity index (χ2v) is 4.73. The SMILES string of the molecule is COc1ccc([C@H](C)NCc2cc(F)c(F)cc2F)cc1. The van der Waals surface area contributed by atoms with Crippen molar-refractivity contribution in [3.05, 3.63) is 65.0 Å². The molecule has 0 heterocycles. The van der Waals surface area contributed by atoms with E-state index in [-0.39, 0.29) is 18.2 Å². The van der Waals surface area contributed by atoms with Crippen molar-refractivity contribution in [2.24, 2.45) is 0 Å². The number of benzene rings is 2. The number of ether oxygens (including phenoxy) is 1. The molecule has 0 spiro atoms. The molecular formula is C16H16F3NO. The quantitative estimate of drug-likeness (QED) is 0.843. The van der Waals surface area contributed by atoms with E-state index in [2.05, 4.69) is 5.32 Å². The van der Waals surface area contributed by atoms with Gasteiger partial charge in [-0.15, -0.1) is 0 Å². The van der Waals surface area contributed by atoms with Gasteiger partial charge in [-0.2, -0.15) is 0 Å². The van der Waals surface area contributed by atoms with E-state index in [1.807, 2.05) is 31.2 Å². The highest BCUT2D eigenvalue weighted by atomic mass is 19.2. The summed E-state index contributed by atoms with van der Waals surface area (Å²) in [4.78, 5) is 0. The van der Waals surface area contributed by atoms with Gasteiger partial charge in [-0.1, -0.05) is 12.1 Å². The second-order valence-electron chi connectivity index (χ2n) is 4.73. The van der Waals surface area contributed by atoms with Gasteiger partial charge in [0, 0.05) is 24.2 Å². The van der Waals surface area contributed by atoms with Crippen molar-refractivity contribution < 1.29 is 17.9 Å². The van der Waals surface area contributed by atoms with E-state index in [1.54, 1.807) is 7.11 Å². The Balaban J connectivity index is 2.03. The first-order valence-corrected chi connectivity index (χ1v) is 6.52. The van der Waals surface area contributed by atoms with Crippen LogP contribution in [0, 0.1) is 17.5 Å². The first-order chi connectivity index (χ1) is 10.0. The predicted molar refractivity (Wildman–Crippen MR) is 74.6 cm³/mol. The Morgan fingerprint density at radius 1 is 1.00 bits per heavy atom. The Hall–Kier alpha value is -2.01. The van der Waals surface area contributed by atoms with Crippen molar-refractivity contribution in [1.82, 2.24) is 5.32 Å². The fourth-order valence-electron chi connectivity index (χ4n) is 1.97. The van der Waals surface area contributed by atoms with E-state index < -0.39 is 17.5 Å². The van der Waals surface area contributed by atoms with Crippen LogP contribution >= 0.6 is 0 Å². The van der Waals surface area contributed by atoms with Crippen molar-refractivity contribution >= 4 is 0 Å². The van der Waals surface area contributed by atoms with Crippen LogP contribution in [0.1, 0.15) is 24.1 Å². The topological polar surface area (TPSA) is 21.3 Å². The van der Waals surface area contributed by atoms with E-state index in [9.17, 15) is 13.2 Å². The third-order valence-corrected chi connectivity index (χ3v) is 3.30. The molecule has 2 aromatic rings. The number of nitrogens with one attached hydrogen (secondary N) is 1. The fraction of sp³-hybridized carbons (Fsp3) is 0.250. The van der Waals surface area contributed by atoms with Crippen molar-refractivity contribution in [1.29, 1.82) is 0 Å². The summed E-state index contributed by atoms with van der Waals surface area (Å²) < 4.78 is 44.5. The Bertz CT molecular complexity index is 614. The molecule has 0 bridgehead atoms. The lowest BCUT2D eigenvalue weighted by atomic mass is 10.1. The van der Waals surface area contributed by atoms with E-state index in [0.717, 1.165) is 17.4 Å². The molecule has 0 unspecified atom stereocenters. The first kappa shape index (κ1) is 15.4. The molecule has 5 heteroatoms. The standard InChI is InChI=1S/C16H16F3NO/c1-10(11-3-5-13(21-2)6-4-11)20-9-12-7-15(18)16(19)8-14(12)17/h3-8,10,20H,9H2,1-2H3/t10-/m0/s1.